The van der Waals surface area contributed by atoms with Gasteiger partial charge in [-0.15, -0.1) is 0 Å². The lowest BCUT2D eigenvalue weighted by molar-refractivity contribution is 0.145. The van der Waals surface area contributed by atoms with Gasteiger partial charge in [0.25, 0.3) is 0 Å². The number of benzene rings is 3. The number of aromatic nitrogens is 4. The fraction of sp³-hybridized carbons (Fsp3) is 0.333. The van der Waals surface area contributed by atoms with E-state index in [2.05, 4.69) is 32.2 Å². The predicted molar refractivity (Wildman–Crippen MR) is 203 cm³/mol. The number of ether oxygens (including phenoxy) is 5. The second-order valence-corrected chi connectivity index (χ2v) is 12.7. The van der Waals surface area contributed by atoms with Gasteiger partial charge in [-0.2, -0.15) is 10.1 Å². The number of para-hydroxylation sites is 1. The van der Waals surface area contributed by atoms with Gasteiger partial charge in [-0.1, -0.05) is 18.2 Å². The number of methoxy groups -OCH3 is 3. The summed E-state index contributed by atoms with van der Waals surface area (Å²) in [6.45, 7) is 9.47. The van der Waals surface area contributed by atoms with Crippen molar-refractivity contribution >= 4 is 29.2 Å². The normalized spacial score (nSPS) is 13.3. The Hall–Kier alpha value is -5.86. The zero-order chi connectivity index (χ0) is 37.3. The number of rotatable bonds is 14. The maximum atomic E-state index is 14.2. The number of aryl methyl sites for hydroxylation is 2. The van der Waals surface area contributed by atoms with E-state index in [0.29, 0.717) is 46.7 Å². The second kappa shape index (κ2) is 17.1. The molecule has 278 valence electrons. The quantitative estimate of drug-likeness (QED) is 0.127. The van der Waals surface area contributed by atoms with Crippen LogP contribution < -0.4 is 33.9 Å². The molecule has 5 aromatic rings. The van der Waals surface area contributed by atoms with Gasteiger partial charge in [0.2, 0.25) is 11.7 Å². The number of hydrogen-bond acceptors (Lipinski definition) is 12. The number of hydrogen-bond donors (Lipinski definition) is 1. The largest absolute Gasteiger partial charge is 0.494 e. The molecule has 0 unspecified atom stereocenters. The lowest BCUT2D eigenvalue weighted by atomic mass is 10.1. The molecule has 1 aliphatic heterocycles. The molecule has 14 nitrogen and oxygen atoms in total. The van der Waals surface area contributed by atoms with Gasteiger partial charge in [-0.25, -0.2) is 19.4 Å². The van der Waals surface area contributed by atoms with E-state index >= 15 is 0 Å². The van der Waals surface area contributed by atoms with Crippen LogP contribution in [0.5, 0.6) is 28.7 Å². The Balaban J connectivity index is 1.29. The molecule has 0 spiro atoms. The summed E-state index contributed by atoms with van der Waals surface area (Å²) in [4.78, 5) is 29.6. The Morgan fingerprint density at radius 2 is 1.60 bits per heavy atom. The first-order valence-electron chi connectivity index (χ1n) is 17.4. The molecule has 1 N–H and O–H groups in total. The average Bonchev–Trinajstić information content (AvgIpc) is 3.71. The summed E-state index contributed by atoms with van der Waals surface area (Å²) < 4.78 is 31.1. The minimum absolute atomic E-state index is 0.215. The van der Waals surface area contributed by atoms with Crippen molar-refractivity contribution < 1.29 is 28.5 Å². The third-order valence-electron chi connectivity index (χ3n) is 9.00. The molecule has 0 saturated carbocycles. The van der Waals surface area contributed by atoms with Crippen LogP contribution in [0.4, 0.5) is 27.9 Å². The summed E-state index contributed by atoms with van der Waals surface area (Å²) in [6, 6.07) is 18.1. The van der Waals surface area contributed by atoms with Crippen LogP contribution in [0.3, 0.4) is 0 Å². The third kappa shape index (κ3) is 8.79. The Bertz CT molecular complexity index is 1980. The first-order chi connectivity index (χ1) is 25.8. The van der Waals surface area contributed by atoms with Gasteiger partial charge in [0.05, 0.1) is 39.3 Å². The van der Waals surface area contributed by atoms with Crippen molar-refractivity contribution in [2.24, 2.45) is 0 Å². The SMILES string of the molecule is COc1cc(-n2cccn2)ccc1N(C(=O)Oc1c(C)cccc1C)c1ccnc(Nc2cc(OC)c(OC)c(OCCCN3CCN(C)CC3)c2)n1. The second-order valence-electron chi connectivity index (χ2n) is 12.7. The highest BCUT2D eigenvalue weighted by molar-refractivity contribution is 5.98. The van der Waals surface area contributed by atoms with Gasteiger partial charge in [-0.3, -0.25) is 0 Å². The highest BCUT2D eigenvalue weighted by atomic mass is 16.6. The van der Waals surface area contributed by atoms with E-state index in [9.17, 15) is 4.79 Å². The number of piperazine rings is 1. The molecule has 1 amide bonds. The Morgan fingerprint density at radius 3 is 2.30 bits per heavy atom. The molecule has 3 aromatic carbocycles. The standard InChI is InChI=1S/C39H46N8O6/c1-27-10-7-11-28(2)36(27)53-39(48)47(31-13-12-30(26-32(31)49-4)46-18-8-15-41-46)35-14-16-40-38(43-35)42-29-24-33(50-5)37(51-6)34(25-29)52-23-9-17-45-21-19-44(3)20-22-45/h7-8,10-16,18,24-26H,9,17,19-23H2,1-6H3,(H,40,42,43). The smallest absolute Gasteiger partial charge is 0.425 e. The van der Waals surface area contributed by atoms with E-state index in [1.54, 1.807) is 55.6 Å². The number of nitrogens with one attached hydrogen (secondary N) is 1. The molecule has 3 heterocycles. The van der Waals surface area contributed by atoms with Crippen LogP contribution in [0.1, 0.15) is 17.5 Å². The van der Waals surface area contributed by atoms with Crippen molar-refractivity contribution in [3.63, 3.8) is 0 Å². The van der Waals surface area contributed by atoms with Crippen molar-refractivity contribution in [2.75, 3.05) is 77.9 Å². The zero-order valence-corrected chi connectivity index (χ0v) is 31.0. The maximum Gasteiger partial charge on any atom is 0.425 e. The summed E-state index contributed by atoms with van der Waals surface area (Å²) in [7, 11) is 6.84. The summed E-state index contributed by atoms with van der Waals surface area (Å²) in [5, 5.41) is 7.58. The Kier molecular flexibility index (Phi) is 11.9. The Morgan fingerprint density at radius 1 is 0.849 bits per heavy atom. The molecule has 1 fully saturated rings. The lowest BCUT2D eigenvalue weighted by Crippen LogP contribution is -2.44. The average molecular weight is 723 g/mol. The molecule has 2 aromatic heterocycles. The maximum absolute atomic E-state index is 14.2. The van der Waals surface area contributed by atoms with E-state index in [-0.39, 0.29) is 11.8 Å². The zero-order valence-electron chi connectivity index (χ0n) is 31.0. The minimum atomic E-state index is -0.685. The van der Waals surface area contributed by atoms with Crippen molar-refractivity contribution in [2.45, 2.75) is 20.3 Å². The van der Waals surface area contributed by atoms with Crippen LogP contribution in [0.15, 0.2) is 79.3 Å². The van der Waals surface area contributed by atoms with E-state index in [4.69, 9.17) is 28.7 Å². The number of anilines is 4. The van der Waals surface area contributed by atoms with E-state index in [1.807, 2.05) is 56.4 Å². The van der Waals surface area contributed by atoms with Gasteiger partial charge in [-0.05, 0) is 56.6 Å². The Labute approximate surface area is 309 Å². The number of carbonyl (C=O) groups is 1. The molecular formula is C39H46N8O6. The highest BCUT2D eigenvalue weighted by Crippen LogP contribution is 2.41. The van der Waals surface area contributed by atoms with Crippen LogP contribution in [-0.2, 0) is 0 Å². The summed E-state index contributed by atoms with van der Waals surface area (Å²) in [5.41, 5.74) is 3.38. The molecule has 14 heteroatoms. The van der Waals surface area contributed by atoms with Gasteiger partial charge in [0.15, 0.2) is 11.5 Å². The number of likely N-dealkylation sites (N-methyl/N-ethyl adjacent to an activating group) is 1. The van der Waals surface area contributed by atoms with Crippen molar-refractivity contribution in [1.29, 1.82) is 0 Å². The van der Waals surface area contributed by atoms with Gasteiger partial charge >= 0.3 is 6.09 Å². The molecular weight excluding hydrogens is 676 g/mol. The van der Waals surface area contributed by atoms with E-state index in [1.165, 1.54) is 12.0 Å². The highest BCUT2D eigenvalue weighted by Gasteiger charge is 2.27. The monoisotopic (exact) mass is 722 g/mol. The number of carbonyl (C=O) groups excluding carboxylic acids is 1. The molecule has 53 heavy (non-hydrogen) atoms. The molecule has 1 aliphatic rings. The molecule has 1 saturated heterocycles. The minimum Gasteiger partial charge on any atom is -0.494 e. The first-order valence-corrected chi connectivity index (χ1v) is 17.4. The lowest BCUT2D eigenvalue weighted by Gasteiger charge is -2.32. The fourth-order valence-corrected chi connectivity index (χ4v) is 6.14. The molecule has 0 atom stereocenters. The van der Waals surface area contributed by atoms with Crippen LogP contribution in [0.2, 0.25) is 0 Å². The summed E-state index contributed by atoms with van der Waals surface area (Å²) in [5.74, 6) is 2.80. The van der Waals surface area contributed by atoms with Crippen molar-refractivity contribution in [3.8, 4) is 34.4 Å². The number of amides is 1. The van der Waals surface area contributed by atoms with Crippen molar-refractivity contribution in [3.05, 3.63) is 90.4 Å². The molecule has 0 aliphatic carbocycles. The van der Waals surface area contributed by atoms with Gasteiger partial charge < -0.3 is 38.8 Å². The fourth-order valence-electron chi connectivity index (χ4n) is 6.14. The molecule has 6 rings (SSSR count). The van der Waals surface area contributed by atoms with Crippen LogP contribution >= 0.6 is 0 Å². The molecule has 0 bridgehead atoms. The van der Waals surface area contributed by atoms with Crippen LogP contribution in [-0.4, -0.2) is 103 Å². The number of nitrogens with zero attached hydrogens (tertiary/aromatic N) is 7. The third-order valence-corrected chi connectivity index (χ3v) is 9.00. The van der Waals surface area contributed by atoms with Gasteiger partial charge in [0.1, 0.15) is 17.3 Å². The van der Waals surface area contributed by atoms with E-state index in [0.717, 1.165) is 56.0 Å². The predicted octanol–water partition coefficient (Wildman–Crippen LogP) is 6.40. The molecule has 0 radical (unpaired) electrons. The summed E-state index contributed by atoms with van der Waals surface area (Å²) in [6.07, 6.45) is 5.25. The van der Waals surface area contributed by atoms with E-state index < -0.39 is 6.09 Å². The van der Waals surface area contributed by atoms with Gasteiger partial charge in [0, 0.05) is 81.3 Å². The van der Waals surface area contributed by atoms with Crippen LogP contribution in [0.25, 0.3) is 5.69 Å². The topological polar surface area (TPSA) is 129 Å². The van der Waals surface area contributed by atoms with Crippen LogP contribution in [0, 0.1) is 13.8 Å². The summed E-state index contributed by atoms with van der Waals surface area (Å²) >= 11 is 0. The van der Waals surface area contributed by atoms with Crippen molar-refractivity contribution in [1.82, 2.24) is 29.5 Å². The first kappa shape index (κ1) is 36.9.